The topological polar surface area (TPSA) is 68.0 Å². The molecule has 1 aliphatic carbocycles. The summed E-state index contributed by atoms with van der Waals surface area (Å²) in [5.74, 6) is 5.90. The van der Waals surface area contributed by atoms with Crippen LogP contribution < -0.4 is 11.3 Å². The SMILES string of the molecule is CCc1nc(CSC2CCCCC2)sc1C(=O)NN. The third-order valence-electron chi connectivity index (χ3n) is 3.41. The number of hydrogen-bond acceptors (Lipinski definition) is 5. The summed E-state index contributed by atoms with van der Waals surface area (Å²) in [6.07, 6.45) is 7.52. The molecule has 0 spiro atoms. The van der Waals surface area contributed by atoms with Crippen molar-refractivity contribution in [1.29, 1.82) is 0 Å². The van der Waals surface area contributed by atoms with Crippen LogP contribution in [0.5, 0.6) is 0 Å². The summed E-state index contributed by atoms with van der Waals surface area (Å²) in [6.45, 7) is 2.01. The molecule has 0 saturated heterocycles. The van der Waals surface area contributed by atoms with Crippen molar-refractivity contribution in [3.8, 4) is 0 Å². The van der Waals surface area contributed by atoms with Crippen LogP contribution in [0.25, 0.3) is 0 Å². The van der Waals surface area contributed by atoms with Crippen molar-refractivity contribution in [2.75, 3.05) is 0 Å². The molecule has 106 valence electrons. The van der Waals surface area contributed by atoms with E-state index >= 15 is 0 Å². The molecule has 1 aromatic heterocycles. The van der Waals surface area contributed by atoms with Gasteiger partial charge in [0.15, 0.2) is 0 Å². The third-order valence-corrected chi connectivity index (χ3v) is 6.07. The zero-order valence-corrected chi connectivity index (χ0v) is 12.9. The summed E-state index contributed by atoms with van der Waals surface area (Å²) >= 11 is 3.47. The quantitative estimate of drug-likeness (QED) is 0.498. The molecule has 0 unspecified atom stereocenters. The highest BCUT2D eigenvalue weighted by molar-refractivity contribution is 7.99. The van der Waals surface area contributed by atoms with Gasteiger partial charge in [-0.15, -0.1) is 11.3 Å². The van der Waals surface area contributed by atoms with Gasteiger partial charge in [0.25, 0.3) is 5.91 Å². The van der Waals surface area contributed by atoms with Gasteiger partial charge in [-0.1, -0.05) is 26.2 Å². The van der Waals surface area contributed by atoms with Crippen LogP contribution in [0.3, 0.4) is 0 Å². The Kier molecular flexibility index (Phi) is 5.66. The summed E-state index contributed by atoms with van der Waals surface area (Å²) in [6, 6.07) is 0. The molecule has 19 heavy (non-hydrogen) atoms. The van der Waals surface area contributed by atoms with E-state index in [1.807, 2.05) is 18.7 Å². The van der Waals surface area contributed by atoms with Gasteiger partial charge >= 0.3 is 0 Å². The molecule has 6 heteroatoms. The van der Waals surface area contributed by atoms with Gasteiger partial charge in [-0.05, 0) is 19.3 Å². The van der Waals surface area contributed by atoms with Crippen LogP contribution in [0.1, 0.15) is 59.4 Å². The predicted octanol–water partition coefficient (Wildman–Crippen LogP) is 2.87. The fraction of sp³-hybridized carbons (Fsp3) is 0.692. The van der Waals surface area contributed by atoms with Gasteiger partial charge in [-0.3, -0.25) is 10.2 Å². The molecule has 1 aromatic rings. The Morgan fingerprint density at radius 3 is 2.84 bits per heavy atom. The van der Waals surface area contributed by atoms with E-state index in [0.29, 0.717) is 4.88 Å². The van der Waals surface area contributed by atoms with Crippen molar-refractivity contribution in [2.24, 2.45) is 5.84 Å². The molecule has 1 aliphatic rings. The minimum atomic E-state index is -0.219. The number of aryl methyl sites for hydroxylation is 1. The monoisotopic (exact) mass is 299 g/mol. The molecule has 0 bridgehead atoms. The number of nitrogens with one attached hydrogen (secondary N) is 1. The average Bonchev–Trinajstić information content (AvgIpc) is 2.88. The van der Waals surface area contributed by atoms with Gasteiger partial charge in [0.1, 0.15) is 9.88 Å². The number of thioether (sulfide) groups is 1. The molecule has 0 atom stereocenters. The lowest BCUT2D eigenvalue weighted by atomic mass is 10.0. The number of nitrogen functional groups attached to an aromatic ring is 1. The Labute approximate surface area is 122 Å². The van der Waals surface area contributed by atoms with Crippen molar-refractivity contribution in [1.82, 2.24) is 10.4 Å². The highest BCUT2D eigenvalue weighted by Gasteiger charge is 2.18. The van der Waals surface area contributed by atoms with E-state index in [4.69, 9.17) is 5.84 Å². The lowest BCUT2D eigenvalue weighted by Gasteiger charge is -2.20. The van der Waals surface area contributed by atoms with E-state index in [1.54, 1.807) is 0 Å². The van der Waals surface area contributed by atoms with Crippen LogP contribution in [0.15, 0.2) is 0 Å². The van der Waals surface area contributed by atoms with Crippen molar-refractivity contribution in [2.45, 2.75) is 56.5 Å². The molecule has 3 N–H and O–H groups in total. The van der Waals surface area contributed by atoms with Crippen LogP contribution in [-0.2, 0) is 12.2 Å². The lowest BCUT2D eigenvalue weighted by molar-refractivity contribution is 0.0956. The van der Waals surface area contributed by atoms with Crippen LogP contribution in [0.4, 0.5) is 0 Å². The van der Waals surface area contributed by atoms with Gasteiger partial charge in [0, 0.05) is 11.0 Å². The number of hydrazine groups is 1. The molecule has 0 radical (unpaired) electrons. The molecule has 1 amide bonds. The van der Waals surface area contributed by atoms with Crippen molar-refractivity contribution >= 4 is 29.0 Å². The Hall–Kier alpha value is -0.590. The first kappa shape index (κ1) is 14.8. The zero-order chi connectivity index (χ0) is 13.7. The maximum absolute atomic E-state index is 11.6. The van der Waals surface area contributed by atoms with Gasteiger partial charge < -0.3 is 0 Å². The van der Waals surface area contributed by atoms with Crippen molar-refractivity contribution in [3.05, 3.63) is 15.6 Å². The zero-order valence-electron chi connectivity index (χ0n) is 11.3. The smallest absolute Gasteiger partial charge is 0.277 e. The Morgan fingerprint density at radius 1 is 1.47 bits per heavy atom. The first-order valence-corrected chi connectivity index (χ1v) is 8.72. The van der Waals surface area contributed by atoms with Gasteiger partial charge in [-0.2, -0.15) is 11.8 Å². The number of amides is 1. The van der Waals surface area contributed by atoms with Crippen LogP contribution in [0, 0.1) is 0 Å². The van der Waals surface area contributed by atoms with Crippen LogP contribution in [-0.4, -0.2) is 16.1 Å². The Morgan fingerprint density at radius 2 is 2.21 bits per heavy atom. The van der Waals surface area contributed by atoms with Gasteiger partial charge in [0.05, 0.1) is 5.69 Å². The molecular formula is C13H21N3OS2. The molecule has 2 rings (SSSR count). The second-order valence-electron chi connectivity index (χ2n) is 4.78. The van der Waals surface area contributed by atoms with E-state index in [-0.39, 0.29) is 5.91 Å². The van der Waals surface area contributed by atoms with Gasteiger partial charge in [0.2, 0.25) is 0 Å². The standard InChI is InChI=1S/C13H21N3OS2/c1-2-10-12(13(17)16-14)19-11(15-10)8-18-9-6-4-3-5-7-9/h9H,2-8,14H2,1H3,(H,16,17). The highest BCUT2D eigenvalue weighted by atomic mass is 32.2. The highest BCUT2D eigenvalue weighted by Crippen LogP contribution is 2.32. The summed E-state index contributed by atoms with van der Waals surface area (Å²) in [5, 5.41) is 1.82. The largest absolute Gasteiger partial charge is 0.289 e. The van der Waals surface area contributed by atoms with E-state index in [0.717, 1.165) is 28.1 Å². The maximum Gasteiger partial charge on any atom is 0.277 e. The molecule has 0 aromatic carbocycles. The number of hydrogen-bond donors (Lipinski definition) is 2. The fourth-order valence-electron chi connectivity index (χ4n) is 2.37. The number of aromatic nitrogens is 1. The molecule has 1 heterocycles. The minimum Gasteiger partial charge on any atom is -0.289 e. The van der Waals surface area contributed by atoms with Gasteiger partial charge in [-0.25, -0.2) is 10.8 Å². The van der Waals surface area contributed by atoms with E-state index in [2.05, 4.69) is 10.4 Å². The lowest BCUT2D eigenvalue weighted by Crippen LogP contribution is -2.30. The van der Waals surface area contributed by atoms with E-state index in [9.17, 15) is 4.79 Å². The summed E-state index contributed by atoms with van der Waals surface area (Å²) in [5.41, 5.74) is 3.07. The van der Waals surface area contributed by atoms with Crippen molar-refractivity contribution < 1.29 is 4.79 Å². The van der Waals surface area contributed by atoms with Crippen LogP contribution >= 0.6 is 23.1 Å². The fourth-order valence-corrected chi connectivity index (χ4v) is 4.77. The van der Waals surface area contributed by atoms with Crippen LogP contribution in [0.2, 0.25) is 0 Å². The minimum absolute atomic E-state index is 0.219. The summed E-state index contributed by atoms with van der Waals surface area (Å²) < 4.78 is 0. The third kappa shape index (κ3) is 3.94. The number of carbonyl (C=O) groups is 1. The molecular weight excluding hydrogens is 278 g/mol. The molecule has 1 fully saturated rings. The normalized spacial score (nSPS) is 16.5. The first-order chi connectivity index (χ1) is 9.24. The number of nitrogens with two attached hydrogens (primary N) is 1. The van der Waals surface area contributed by atoms with E-state index in [1.165, 1.54) is 43.4 Å². The average molecular weight is 299 g/mol. The predicted molar refractivity (Wildman–Crippen MR) is 81.3 cm³/mol. The Balaban J connectivity index is 1.96. The first-order valence-electron chi connectivity index (χ1n) is 6.85. The summed E-state index contributed by atoms with van der Waals surface area (Å²) in [4.78, 5) is 16.9. The summed E-state index contributed by atoms with van der Waals surface area (Å²) in [7, 11) is 0. The second-order valence-corrected chi connectivity index (χ2v) is 7.15. The molecule has 4 nitrogen and oxygen atoms in total. The maximum atomic E-state index is 11.6. The molecule has 1 saturated carbocycles. The number of nitrogens with zero attached hydrogens (tertiary/aromatic N) is 1. The van der Waals surface area contributed by atoms with E-state index < -0.39 is 0 Å². The van der Waals surface area contributed by atoms with Crippen molar-refractivity contribution in [3.63, 3.8) is 0 Å². The Bertz CT molecular complexity index is 428. The number of carbonyl (C=O) groups excluding carboxylic acids is 1. The molecule has 0 aliphatic heterocycles. The second kappa shape index (κ2) is 7.26. The number of thiazole rings is 1. The number of rotatable bonds is 5.